The van der Waals surface area contributed by atoms with Crippen LogP contribution < -0.4 is 4.43 Å². The molecule has 3 aromatic carbocycles. The van der Waals surface area contributed by atoms with Crippen LogP contribution in [0.15, 0.2) is 36.4 Å². The summed E-state index contributed by atoms with van der Waals surface area (Å²) < 4.78 is 94.9. The molecule has 0 aliphatic rings. The molecule has 0 aromatic heterocycles. The molecule has 0 fully saturated rings. The summed E-state index contributed by atoms with van der Waals surface area (Å²) in [4.78, 5) is 0. The fraction of sp³-hybridized carbons (Fsp3) is 0.429. The van der Waals surface area contributed by atoms with Gasteiger partial charge in [-0.15, -0.1) is 0 Å². The van der Waals surface area contributed by atoms with Crippen LogP contribution in [0.4, 0.5) is 26.3 Å². The maximum atomic E-state index is 15.7. The quantitative estimate of drug-likeness (QED) is 0.130. The van der Waals surface area contributed by atoms with Crippen molar-refractivity contribution in [3.63, 3.8) is 0 Å². The molecule has 0 heterocycles. The minimum Gasteiger partial charge on any atom is -0.539 e. The lowest BCUT2D eigenvalue weighted by Gasteiger charge is -2.39. The summed E-state index contributed by atoms with van der Waals surface area (Å²) >= 11 is 0. The van der Waals surface area contributed by atoms with E-state index < -0.39 is 67.8 Å². The Morgan fingerprint density at radius 2 is 1.30 bits per heavy atom. The van der Waals surface area contributed by atoms with Crippen LogP contribution in [0, 0.1) is 34.9 Å². The van der Waals surface area contributed by atoms with Crippen molar-refractivity contribution in [2.24, 2.45) is 0 Å². The Kier molecular flexibility index (Phi) is 9.21. The van der Waals surface area contributed by atoms with E-state index in [4.69, 9.17) is 4.43 Å². The van der Waals surface area contributed by atoms with E-state index in [0.717, 1.165) is 29.7 Å². The van der Waals surface area contributed by atoms with Gasteiger partial charge in [-0.05, 0) is 17.1 Å². The van der Waals surface area contributed by atoms with Gasteiger partial charge < -0.3 is 4.43 Å². The minimum atomic E-state index is -3.13. The molecular formula is C28H34F6OSi2. The fourth-order valence-corrected chi connectivity index (χ4v) is 14.7. The zero-order chi connectivity index (χ0) is 27.5. The zero-order valence-corrected chi connectivity index (χ0v) is 24.0. The van der Waals surface area contributed by atoms with Crippen molar-refractivity contribution in [3.05, 3.63) is 76.9 Å². The topological polar surface area (TPSA) is 9.23 Å². The molecule has 3 aromatic rings. The number of halogens is 6. The van der Waals surface area contributed by atoms with Gasteiger partial charge >= 0.3 is 0 Å². The van der Waals surface area contributed by atoms with Gasteiger partial charge in [-0.1, -0.05) is 89.1 Å². The monoisotopic (exact) mass is 556 g/mol. The van der Waals surface area contributed by atoms with Crippen LogP contribution in [0.25, 0.3) is 10.8 Å². The molecule has 1 atom stereocenters. The Morgan fingerprint density at radius 3 is 1.84 bits per heavy atom. The van der Waals surface area contributed by atoms with E-state index in [1.54, 1.807) is 0 Å². The number of hydrogen-bond donors (Lipinski definition) is 0. The molecule has 0 N–H and O–H groups in total. The van der Waals surface area contributed by atoms with Gasteiger partial charge in [-0.25, -0.2) is 22.0 Å². The van der Waals surface area contributed by atoms with Crippen molar-refractivity contribution < 1.29 is 30.8 Å². The smallest absolute Gasteiger partial charge is 0.258 e. The molecule has 0 aliphatic heterocycles. The number of rotatable bonds is 11. The lowest BCUT2D eigenvalue weighted by molar-refractivity contribution is 0.408. The van der Waals surface area contributed by atoms with E-state index in [1.165, 1.54) is 0 Å². The van der Waals surface area contributed by atoms with E-state index >= 15 is 13.2 Å². The Balaban J connectivity index is 2.22. The van der Waals surface area contributed by atoms with E-state index in [-0.39, 0.29) is 11.6 Å². The van der Waals surface area contributed by atoms with Gasteiger partial charge in [0.15, 0.2) is 29.0 Å². The van der Waals surface area contributed by atoms with Crippen molar-refractivity contribution in [2.75, 3.05) is 0 Å². The first-order valence-corrected chi connectivity index (χ1v) is 18.0. The molecule has 202 valence electrons. The Labute approximate surface area is 217 Å². The predicted octanol–water partition coefficient (Wildman–Crippen LogP) is 9.70. The van der Waals surface area contributed by atoms with Crippen LogP contribution in [-0.4, -0.2) is 16.4 Å². The van der Waals surface area contributed by atoms with Crippen molar-refractivity contribution >= 4 is 27.2 Å². The molecule has 1 unspecified atom stereocenters. The molecule has 0 saturated heterocycles. The number of hydrogen-bond acceptors (Lipinski definition) is 1. The van der Waals surface area contributed by atoms with E-state index in [1.807, 2.05) is 44.2 Å². The van der Waals surface area contributed by atoms with Gasteiger partial charge in [0.05, 0.1) is 18.8 Å². The van der Waals surface area contributed by atoms with Gasteiger partial charge in [-0.3, -0.25) is 0 Å². The molecule has 0 spiro atoms. The fourth-order valence-electron chi connectivity index (χ4n) is 5.21. The van der Waals surface area contributed by atoms with Crippen LogP contribution in [0.3, 0.4) is 0 Å². The van der Waals surface area contributed by atoms with Crippen LogP contribution in [0.2, 0.25) is 35.8 Å². The Bertz CT molecular complexity index is 1240. The highest BCUT2D eigenvalue weighted by molar-refractivity contribution is 6.83. The highest BCUT2D eigenvalue weighted by atomic mass is 28.4. The maximum Gasteiger partial charge on any atom is 0.258 e. The second-order valence-electron chi connectivity index (χ2n) is 10.2. The first kappa shape index (κ1) is 29.3. The third-order valence-electron chi connectivity index (χ3n) is 8.23. The predicted molar refractivity (Wildman–Crippen MR) is 142 cm³/mol. The van der Waals surface area contributed by atoms with Gasteiger partial charge in [0, 0.05) is 12.1 Å². The van der Waals surface area contributed by atoms with Crippen molar-refractivity contribution in [1.29, 1.82) is 0 Å². The third-order valence-corrected chi connectivity index (χ3v) is 19.4. The van der Waals surface area contributed by atoms with E-state index in [9.17, 15) is 13.2 Å². The zero-order valence-electron chi connectivity index (χ0n) is 22.0. The van der Waals surface area contributed by atoms with Crippen LogP contribution >= 0.6 is 0 Å². The van der Waals surface area contributed by atoms with Gasteiger partial charge in [0.25, 0.3) is 8.32 Å². The van der Waals surface area contributed by atoms with Crippen LogP contribution in [0.5, 0.6) is 5.75 Å². The summed E-state index contributed by atoms with van der Waals surface area (Å²) in [6.07, 6.45) is 0. The van der Waals surface area contributed by atoms with E-state index in [0.29, 0.717) is 12.1 Å². The van der Waals surface area contributed by atoms with E-state index in [2.05, 4.69) is 20.8 Å². The summed E-state index contributed by atoms with van der Waals surface area (Å²) in [5.41, 5.74) is 0.776. The SMILES string of the molecule is CC[Si](CC)(CC)CC[Si](Cc1ccccc1)(Oc1c(F)c(F)c2c(F)c(F)cc(F)c2c1F)C(C)C. The molecule has 1 nitrogen and oxygen atoms in total. The van der Waals surface area contributed by atoms with Gasteiger partial charge in [0.2, 0.25) is 5.82 Å². The summed E-state index contributed by atoms with van der Waals surface area (Å²) in [6.45, 7) is 10.4. The molecule has 0 aliphatic carbocycles. The molecule has 0 amide bonds. The summed E-state index contributed by atoms with van der Waals surface area (Å²) in [5.74, 6) is -11.4. The average Bonchev–Trinajstić information content (AvgIpc) is 2.88. The van der Waals surface area contributed by atoms with Crippen molar-refractivity contribution in [2.45, 2.75) is 76.4 Å². The molecule has 37 heavy (non-hydrogen) atoms. The molecule has 0 bridgehead atoms. The Hall–Kier alpha value is -2.27. The van der Waals surface area contributed by atoms with Gasteiger partial charge in [0.1, 0.15) is 5.82 Å². The summed E-state index contributed by atoms with van der Waals surface area (Å²) in [6, 6.07) is 14.6. The number of benzene rings is 3. The summed E-state index contributed by atoms with van der Waals surface area (Å²) in [7, 11) is -4.80. The average molecular weight is 557 g/mol. The maximum absolute atomic E-state index is 15.7. The van der Waals surface area contributed by atoms with Crippen molar-refractivity contribution in [3.8, 4) is 5.75 Å². The molecule has 3 rings (SSSR count). The first-order valence-electron chi connectivity index (χ1n) is 12.8. The molecule has 9 heteroatoms. The Morgan fingerprint density at radius 1 is 0.703 bits per heavy atom. The first-order chi connectivity index (χ1) is 17.5. The molecular weight excluding hydrogens is 522 g/mol. The normalized spacial score (nSPS) is 13.8. The van der Waals surface area contributed by atoms with Crippen molar-refractivity contribution in [1.82, 2.24) is 0 Å². The second-order valence-corrected chi connectivity index (χ2v) is 20.2. The highest BCUT2D eigenvalue weighted by Gasteiger charge is 2.45. The summed E-state index contributed by atoms with van der Waals surface area (Å²) in [5, 5.41) is -2.55. The van der Waals surface area contributed by atoms with Crippen LogP contribution in [0.1, 0.15) is 40.2 Å². The highest BCUT2D eigenvalue weighted by Crippen LogP contribution is 2.42. The third kappa shape index (κ3) is 5.62. The molecule has 0 saturated carbocycles. The lowest BCUT2D eigenvalue weighted by Crippen LogP contribution is -2.50. The van der Waals surface area contributed by atoms with Crippen LogP contribution in [-0.2, 0) is 6.04 Å². The lowest BCUT2D eigenvalue weighted by atomic mass is 10.1. The van der Waals surface area contributed by atoms with Gasteiger partial charge in [-0.2, -0.15) is 4.39 Å². The largest absolute Gasteiger partial charge is 0.539 e. The molecule has 0 radical (unpaired) electrons. The minimum absolute atomic E-state index is 0.128. The standard InChI is InChI=1S/C28H34F6OSi2/c1-6-36(7-2,8-3)14-15-37(18(4)5,17-19-12-10-9-11-13-19)35-28-26(33)22-20(29)16-21(30)24(31)23(22)25(32)27(28)34/h9-13,16,18H,6-8,14-15,17H2,1-5H3. The number of fused-ring (bicyclic) bond motifs is 1. The second kappa shape index (κ2) is 11.6.